The van der Waals surface area contributed by atoms with Crippen LogP contribution in [-0.2, 0) is 0 Å². The van der Waals surface area contributed by atoms with Crippen molar-refractivity contribution >= 4 is 0 Å². The SMILES string of the molecule is COc1ccccc1.[Br-]. The third-order valence-corrected chi connectivity index (χ3v) is 0.979. The maximum absolute atomic E-state index is 4.91. The van der Waals surface area contributed by atoms with Gasteiger partial charge in [-0.25, -0.2) is 0 Å². The molecule has 0 radical (unpaired) electrons. The van der Waals surface area contributed by atoms with Crippen molar-refractivity contribution in [2.75, 3.05) is 7.11 Å². The van der Waals surface area contributed by atoms with E-state index in [1.165, 1.54) is 0 Å². The van der Waals surface area contributed by atoms with Crippen LogP contribution in [0.1, 0.15) is 0 Å². The van der Waals surface area contributed by atoms with Gasteiger partial charge in [0.1, 0.15) is 5.75 Å². The van der Waals surface area contributed by atoms with E-state index in [1.54, 1.807) is 7.11 Å². The molecule has 1 aromatic rings. The molecule has 50 valence electrons. The van der Waals surface area contributed by atoms with Crippen LogP contribution >= 0.6 is 0 Å². The first-order valence-corrected chi connectivity index (χ1v) is 2.52. The molecule has 0 aliphatic rings. The van der Waals surface area contributed by atoms with E-state index in [9.17, 15) is 0 Å². The van der Waals surface area contributed by atoms with Gasteiger partial charge < -0.3 is 21.7 Å². The molecule has 0 fully saturated rings. The Bertz CT molecular complexity index is 150. The first kappa shape index (κ1) is 8.50. The monoisotopic (exact) mass is 187 g/mol. The lowest BCUT2D eigenvalue weighted by Crippen LogP contribution is -3.00. The molecular formula is C7H8BrO-. The largest absolute Gasteiger partial charge is 1.00 e. The van der Waals surface area contributed by atoms with Gasteiger partial charge in [0, 0.05) is 0 Å². The molecule has 9 heavy (non-hydrogen) atoms. The Morgan fingerprint density at radius 1 is 1.11 bits per heavy atom. The molecule has 0 aliphatic heterocycles. The molecular weight excluding hydrogens is 180 g/mol. The van der Waals surface area contributed by atoms with Gasteiger partial charge in [0.15, 0.2) is 0 Å². The number of benzene rings is 1. The van der Waals surface area contributed by atoms with Crippen LogP contribution in [0.2, 0.25) is 0 Å². The minimum absolute atomic E-state index is 0. The Morgan fingerprint density at radius 2 is 1.67 bits per heavy atom. The molecule has 2 heteroatoms. The van der Waals surface area contributed by atoms with Gasteiger partial charge in [0.05, 0.1) is 7.11 Å². The summed E-state index contributed by atoms with van der Waals surface area (Å²) in [6, 6.07) is 9.68. The van der Waals surface area contributed by atoms with Gasteiger partial charge in [0.2, 0.25) is 0 Å². The third-order valence-electron chi connectivity index (χ3n) is 0.979. The first-order chi connectivity index (χ1) is 3.93. The van der Waals surface area contributed by atoms with Crippen LogP contribution in [0.5, 0.6) is 5.75 Å². The zero-order valence-electron chi connectivity index (χ0n) is 5.17. The number of methoxy groups -OCH3 is 1. The summed E-state index contributed by atoms with van der Waals surface area (Å²) in [5.41, 5.74) is 0. The molecule has 0 N–H and O–H groups in total. The molecule has 0 saturated carbocycles. The van der Waals surface area contributed by atoms with Gasteiger partial charge in [0.25, 0.3) is 0 Å². The maximum atomic E-state index is 4.91. The average molecular weight is 188 g/mol. The van der Waals surface area contributed by atoms with Crippen molar-refractivity contribution in [2.24, 2.45) is 0 Å². The zero-order valence-corrected chi connectivity index (χ0v) is 6.76. The Balaban J connectivity index is 0.000000640. The van der Waals surface area contributed by atoms with Crippen LogP contribution < -0.4 is 21.7 Å². The molecule has 1 aromatic carbocycles. The minimum Gasteiger partial charge on any atom is -1.00 e. The minimum atomic E-state index is 0. The van der Waals surface area contributed by atoms with Crippen LogP contribution in [0.4, 0.5) is 0 Å². The van der Waals surface area contributed by atoms with E-state index in [2.05, 4.69) is 0 Å². The Kier molecular flexibility index (Phi) is 4.14. The summed E-state index contributed by atoms with van der Waals surface area (Å²) in [5, 5.41) is 0. The molecule has 0 aromatic heterocycles. The topological polar surface area (TPSA) is 9.23 Å². The number of hydrogen-bond acceptors (Lipinski definition) is 1. The van der Waals surface area contributed by atoms with E-state index < -0.39 is 0 Å². The number of hydrogen-bond donors (Lipinski definition) is 0. The molecule has 1 nitrogen and oxygen atoms in total. The van der Waals surface area contributed by atoms with Crippen LogP contribution in [-0.4, -0.2) is 7.11 Å². The molecule has 1 rings (SSSR count). The second-order valence-electron chi connectivity index (χ2n) is 1.52. The summed E-state index contributed by atoms with van der Waals surface area (Å²) < 4.78 is 4.91. The van der Waals surface area contributed by atoms with Crippen LogP contribution in [0, 0.1) is 0 Å². The second kappa shape index (κ2) is 4.39. The fourth-order valence-electron chi connectivity index (χ4n) is 0.557. The van der Waals surface area contributed by atoms with Crippen molar-refractivity contribution in [3.05, 3.63) is 30.3 Å². The summed E-state index contributed by atoms with van der Waals surface area (Å²) in [5.74, 6) is 0.910. The molecule has 0 atom stereocenters. The summed E-state index contributed by atoms with van der Waals surface area (Å²) in [7, 11) is 1.66. The normalized spacial score (nSPS) is 7.67. The van der Waals surface area contributed by atoms with E-state index in [-0.39, 0.29) is 17.0 Å². The molecule has 0 bridgehead atoms. The fraction of sp³-hybridized carbons (Fsp3) is 0.143. The number of halogens is 1. The number of ether oxygens (including phenoxy) is 1. The highest BCUT2D eigenvalue weighted by Gasteiger charge is 1.80. The van der Waals surface area contributed by atoms with Crippen molar-refractivity contribution < 1.29 is 21.7 Å². The standard InChI is InChI=1S/C7H8O.BrH/c1-8-7-5-3-2-4-6-7;/h2-6H,1H3;1H/p-1. The van der Waals surface area contributed by atoms with Crippen molar-refractivity contribution in [3.8, 4) is 5.75 Å². The lowest BCUT2D eigenvalue weighted by molar-refractivity contribution is -0.00000196. The average Bonchev–Trinajstić information content (AvgIpc) is 1.90. The highest BCUT2D eigenvalue weighted by Crippen LogP contribution is 2.05. The van der Waals surface area contributed by atoms with Gasteiger partial charge in [-0.05, 0) is 12.1 Å². The smallest absolute Gasteiger partial charge is 0.118 e. The van der Waals surface area contributed by atoms with Gasteiger partial charge in [-0.2, -0.15) is 0 Å². The van der Waals surface area contributed by atoms with Crippen LogP contribution in [0.25, 0.3) is 0 Å². The van der Waals surface area contributed by atoms with E-state index >= 15 is 0 Å². The predicted octanol–water partition coefficient (Wildman–Crippen LogP) is -1.30. The molecule has 0 saturated heterocycles. The van der Waals surface area contributed by atoms with Crippen molar-refractivity contribution in [2.45, 2.75) is 0 Å². The Labute approximate surface area is 65.4 Å². The summed E-state index contributed by atoms with van der Waals surface area (Å²) in [6.07, 6.45) is 0. The Morgan fingerprint density at radius 3 is 2.00 bits per heavy atom. The fourth-order valence-corrected chi connectivity index (χ4v) is 0.557. The maximum Gasteiger partial charge on any atom is 0.118 e. The third kappa shape index (κ3) is 2.51. The summed E-state index contributed by atoms with van der Waals surface area (Å²) in [6.45, 7) is 0. The first-order valence-electron chi connectivity index (χ1n) is 2.52. The van der Waals surface area contributed by atoms with E-state index in [4.69, 9.17) is 4.74 Å². The number of rotatable bonds is 1. The molecule has 0 unspecified atom stereocenters. The summed E-state index contributed by atoms with van der Waals surface area (Å²) >= 11 is 0. The molecule has 0 aliphatic carbocycles. The quantitative estimate of drug-likeness (QED) is 0.532. The van der Waals surface area contributed by atoms with Gasteiger partial charge in [-0.1, -0.05) is 18.2 Å². The zero-order chi connectivity index (χ0) is 5.82. The van der Waals surface area contributed by atoms with E-state index in [1.807, 2.05) is 30.3 Å². The highest BCUT2D eigenvalue weighted by atomic mass is 79.9. The molecule has 0 heterocycles. The van der Waals surface area contributed by atoms with E-state index in [0.717, 1.165) is 5.75 Å². The highest BCUT2D eigenvalue weighted by molar-refractivity contribution is 5.20. The van der Waals surface area contributed by atoms with Crippen molar-refractivity contribution in [1.29, 1.82) is 0 Å². The van der Waals surface area contributed by atoms with Gasteiger partial charge in [-0.15, -0.1) is 0 Å². The lowest BCUT2D eigenvalue weighted by Gasteiger charge is -1.93. The van der Waals surface area contributed by atoms with Crippen LogP contribution in [0.15, 0.2) is 30.3 Å². The van der Waals surface area contributed by atoms with Crippen LogP contribution in [0.3, 0.4) is 0 Å². The van der Waals surface area contributed by atoms with E-state index in [0.29, 0.717) is 0 Å². The van der Waals surface area contributed by atoms with Crippen molar-refractivity contribution in [3.63, 3.8) is 0 Å². The Hall–Kier alpha value is -0.500. The summed E-state index contributed by atoms with van der Waals surface area (Å²) in [4.78, 5) is 0. The van der Waals surface area contributed by atoms with Crippen molar-refractivity contribution in [1.82, 2.24) is 0 Å². The number of para-hydroxylation sites is 1. The second-order valence-corrected chi connectivity index (χ2v) is 1.52. The lowest BCUT2D eigenvalue weighted by atomic mass is 10.3. The molecule has 0 spiro atoms. The molecule has 0 amide bonds. The van der Waals surface area contributed by atoms with Gasteiger partial charge in [-0.3, -0.25) is 0 Å². The predicted molar refractivity (Wildman–Crippen MR) is 33.0 cm³/mol. The van der Waals surface area contributed by atoms with Gasteiger partial charge >= 0.3 is 0 Å².